The van der Waals surface area contributed by atoms with Gasteiger partial charge in [-0.15, -0.1) is 11.3 Å². The molecule has 2 heterocycles. The zero-order valence-electron chi connectivity index (χ0n) is 10.2. The van der Waals surface area contributed by atoms with E-state index in [0.717, 1.165) is 27.1 Å². The van der Waals surface area contributed by atoms with Crippen LogP contribution in [-0.2, 0) is 0 Å². The van der Waals surface area contributed by atoms with E-state index in [1.54, 1.807) is 5.51 Å². The highest BCUT2D eigenvalue weighted by molar-refractivity contribution is 7.09. The van der Waals surface area contributed by atoms with Crippen LogP contribution in [0.15, 0.2) is 34.2 Å². The van der Waals surface area contributed by atoms with Crippen LogP contribution in [0.5, 0.6) is 0 Å². The molecule has 0 aliphatic heterocycles. The SMILES string of the molecule is Cc1ncsc1C(O)c1cc2cccc(C)c2o1. The Morgan fingerprint density at radius 2 is 2.17 bits per heavy atom. The highest BCUT2D eigenvalue weighted by Crippen LogP contribution is 2.32. The molecule has 3 rings (SSSR count). The van der Waals surface area contributed by atoms with Crippen molar-refractivity contribution in [1.82, 2.24) is 4.98 Å². The van der Waals surface area contributed by atoms with Crippen LogP contribution in [-0.4, -0.2) is 10.1 Å². The van der Waals surface area contributed by atoms with Gasteiger partial charge in [-0.05, 0) is 25.5 Å². The summed E-state index contributed by atoms with van der Waals surface area (Å²) < 4.78 is 5.77. The Hall–Kier alpha value is -1.65. The first-order valence-electron chi connectivity index (χ1n) is 5.74. The Balaban J connectivity index is 2.10. The lowest BCUT2D eigenvalue weighted by molar-refractivity contribution is 0.195. The molecule has 92 valence electrons. The van der Waals surface area contributed by atoms with Gasteiger partial charge in [0.1, 0.15) is 17.4 Å². The number of hydrogen-bond acceptors (Lipinski definition) is 4. The molecule has 4 heteroatoms. The second kappa shape index (κ2) is 4.23. The van der Waals surface area contributed by atoms with E-state index in [1.165, 1.54) is 11.3 Å². The van der Waals surface area contributed by atoms with Crippen LogP contribution < -0.4 is 0 Å². The molecule has 3 nitrogen and oxygen atoms in total. The second-order valence-corrected chi connectivity index (χ2v) is 5.23. The molecule has 0 aliphatic rings. The summed E-state index contributed by atoms with van der Waals surface area (Å²) in [5.74, 6) is 0.576. The number of nitrogens with zero attached hydrogens (tertiary/aromatic N) is 1. The molecule has 2 aromatic heterocycles. The number of aliphatic hydroxyl groups is 1. The van der Waals surface area contributed by atoms with E-state index in [1.807, 2.05) is 38.1 Å². The Morgan fingerprint density at radius 1 is 1.33 bits per heavy atom. The van der Waals surface area contributed by atoms with Gasteiger partial charge in [0.15, 0.2) is 0 Å². The molecule has 0 aliphatic carbocycles. The van der Waals surface area contributed by atoms with Gasteiger partial charge in [-0.25, -0.2) is 4.98 Å². The fourth-order valence-corrected chi connectivity index (χ4v) is 2.86. The highest BCUT2D eigenvalue weighted by atomic mass is 32.1. The molecule has 1 aromatic carbocycles. The van der Waals surface area contributed by atoms with Crippen molar-refractivity contribution >= 4 is 22.3 Å². The Bertz CT molecular complexity index is 699. The van der Waals surface area contributed by atoms with Gasteiger partial charge in [0.2, 0.25) is 0 Å². The van der Waals surface area contributed by atoms with Crippen LogP contribution in [0.3, 0.4) is 0 Å². The predicted molar refractivity (Wildman–Crippen MR) is 71.9 cm³/mol. The Kier molecular flexibility index (Phi) is 2.69. The molecule has 0 spiro atoms. The van der Waals surface area contributed by atoms with E-state index < -0.39 is 6.10 Å². The summed E-state index contributed by atoms with van der Waals surface area (Å²) in [5.41, 5.74) is 4.51. The van der Waals surface area contributed by atoms with Crippen molar-refractivity contribution < 1.29 is 9.52 Å². The number of para-hydroxylation sites is 1. The summed E-state index contributed by atoms with van der Waals surface area (Å²) in [6.07, 6.45) is -0.732. The minimum atomic E-state index is -0.732. The molecular weight excluding hydrogens is 246 g/mol. The number of thiazole rings is 1. The van der Waals surface area contributed by atoms with Gasteiger partial charge >= 0.3 is 0 Å². The topological polar surface area (TPSA) is 46.3 Å². The standard InChI is InChI=1S/C14H13NO2S/c1-8-4-3-5-10-6-11(17-13(8)10)12(16)14-9(2)15-7-18-14/h3-7,12,16H,1-2H3. The number of aryl methyl sites for hydroxylation is 2. The molecule has 0 bridgehead atoms. The number of benzene rings is 1. The van der Waals surface area contributed by atoms with Gasteiger partial charge in [0.05, 0.1) is 16.1 Å². The van der Waals surface area contributed by atoms with E-state index in [2.05, 4.69) is 4.98 Å². The molecular formula is C14H13NO2S. The number of fused-ring (bicyclic) bond motifs is 1. The Labute approximate surface area is 109 Å². The van der Waals surface area contributed by atoms with Crippen molar-refractivity contribution in [3.05, 3.63) is 51.7 Å². The molecule has 18 heavy (non-hydrogen) atoms. The molecule has 0 saturated heterocycles. The number of aromatic nitrogens is 1. The van der Waals surface area contributed by atoms with Crippen LogP contribution in [0, 0.1) is 13.8 Å². The molecule has 3 aromatic rings. The fraction of sp³-hybridized carbons (Fsp3) is 0.214. The van der Waals surface area contributed by atoms with Gasteiger partial charge in [-0.2, -0.15) is 0 Å². The van der Waals surface area contributed by atoms with Crippen LogP contribution in [0.1, 0.15) is 28.0 Å². The molecule has 0 saturated carbocycles. The highest BCUT2D eigenvalue weighted by Gasteiger charge is 2.19. The molecule has 1 unspecified atom stereocenters. The van der Waals surface area contributed by atoms with Crippen molar-refractivity contribution in [3.8, 4) is 0 Å². The average Bonchev–Trinajstić information content (AvgIpc) is 2.95. The van der Waals surface area contributed by atoms with E-state index in [9.17, 15) is 5.11 Å². The van der Waals surface area contributed by atoms with Crippen LogP contribution in [0.2, 0.25) is 0 Å². The van der Waals surface area contributed by atoms with E-state index in [-0.39, 0.29) is 0 Å². The van der Waals surface area contributed by atoms with Gasteiger partial charge < -0.3 is 9.52 Å². The molecule has 1 N–H and O–H groups in total. The van der Waals surface area contributed by atoms with Gasteiger partial charge in [-0.1, -0.05) is 18.2 Å². The fourth-order valence-electron chi connectivity index (χ4n) is 2.07. The zero-order chi connectivity index (χ0) is 12.7. The van der Waals surface area contributed by atoms with Gasteiger partial charge in [0, 0.05) is 5.39 Å². The largest absolute Gasteiger partial charge is 0.458 e. The maximum Gasteiger partial charge on any atom is 0.148 e. The van der Waals surface area contributed by atoms with Crippen LogP contribution in [0.25, 0.3) is 11.0 Å². The second-order valence-electron chi connectivity index (χ2n) is 4.35. The third-order valence-electron chi connectivity index (χ3n) is 3.06. The third kappa shape index (κ3) is 1.74. The van der Waals surface area contributed by atoms with Crippen LogP contribution >= 0.6 is 11.3 Å². The quantitative estimate of drug-likeness (QED) is 0.765. The lowest BCUT2D eigenvalue weighted by atomic mass is 10.1. The minimum Gasteiger partial charge on any atom is -0.458 e. The number of aliphatic hydroxyl groups excluding tert-OH is 1. The molecule has 0 radical (unpaired) electrons. The maximum atomic E-state index is 10.3. The normalized spacial score (nSPS) is 13.1. The summed E-state index contributed by atoms with van der Waals surface area (Å²) in [5, 5.41) is 11.3. The molecule has 0 amide bonds. The van der Waals surface area contributed by atoms with E-state index >= 15 is 0 Å². The van der Waals surface area contributed by atoms with E-state index in [0.29, 0.717) is 5.76 Å². The van der Waals surface area contributed by atoms with Gasteiger partial charge in [0.25, 0.3) is 0 Å². The third-order valence-corrected chi connectivity index (χ3v) is 4.04. The van der Waals surface area contributed by atoms with Gasteiger partial charge in [-0.3, -0.25) is 0 Å². The van der Waals surface area contributed by atoms with Crippen molar-refractivity contribution in [2.24, 2.45) is 0 Å². The van der Waals surface area contributed by atoms with Crippen molar-refractivity contribution in [3.63, 3.8) is 0 Å². The molecule has 1 atom stereocenters. The average molecular weight is 259 g/mol. The smallest absolute Gasteiger partial charge is 0.148 e. The van der Waals surface area contributed by atoms with Crippen molar-refractivity contribution in [1.29, 1.82) is 0 Å². The first-order chi connectivity index (χ1) is 8.66. The summed E-state index contributed by atoms with van der Waals surface area (Å²) in [7, 11) is 0. The minimum absolute atomic E-state index is 0.576. The first-order valence-corrected chi connectivity index (χ1v) is 6.62. The predicted octanol–water partition coefficient (Wildman–Crippen LogP) is 3.59. The van der Waals surface area contributed by atoms with Crippen molar-refractivity contribution in [2.75, 3.05) is 0 Å². The van der Waals surface area contributed by atoms with Crippen LogP contribution in [0.4, 0.5) is 0 Å². The number of furan rings is 1. The lowest BCUT2D eigenvalue weighted by Gasteiger charge is -2.05. The number of hydrogen-bond donors (Lipinski definition) is 1. The summed E-state index contributed by atoms with van der Waals surface area (Å²) in [6.45, 7) is 3.89. The Morgan fingerprint density at radius 3 is 2.83 bits per heavy atom. The lowest BCUT2D eigenvalue weighted by Crippen LogP contribution is -1.97. The first kappa shape index (κ1) is 11.4. The summed E-state index contributed by atoms with van der Waals surface area (Å²) in [4.78, 5) is 4.99. The van der Waals surface area contributed by atoms with E-state index in [4.69, 9.17) is 4.42 Å². The summed E-state index contributed by atoms with van der Waals surface area (Å²) >= 11 is 1.45. The van der Waals surface area contributed by atoms with Crippen molar-refractivity contribution in [2.45, 2.75) is 20.0 Å². The number of rotatable bonds is 2. The summed E-state index contributed by atoms with van der Waals surface area (Å²) in [6, 6.07) is 7.87. The maximum absolute atomic E-state index is 10.3. The zero-order valence-corrected chi connectivity index (χ0v) is 11.0. The monoisotopic (exact) mass is 259 g/mol. The molecule has 0 fully saturated rings.